The van der Waals surface area contributed by atoms with Crippen LogP contribution in [0.3, 0.4) is 0 Å². The van der Waals surface area contributed by atoms with Gasteiger partial charge >= 0.3 is 7.75 Å². The van der Waals surface area contributed by atoms with Crippen LogP contribution in [-0.2, 0) is 31.5 Å². The molecule has 0 aliphatic carbocycles. The molecular formula is C27H32FN6O5P. The number of aryl methyl sites for hydroxylation is 1. The van der Waals surface area contributed by atoms with E-state index in [9.17, 15) is 4.57 Å². The first-order valence-corrected chi connectivity index (χ1v) is 14.3. The highest BCUT2D eigenvalue weighted by Gasteiger charge is 2.48. The van der Waals surface area contributed by atoms with Gasteiger partial charge in [0.15, 0.2) is 23.1 Å². The Kier molecular flexibility index (Phi) is 8.16. The number of benzene rings is 2. The highest BCUT2D eigenvalue weighted by molar-refractivity contribution is 7.51. The minimum atomic E-state index is -3.83. The number of nitrogen functional groups attached to an aromatic ring is 1. The van der Waals surface area contributed by atoms with Gasteiger partial charge in [-0.05, 0) is 30.5 Å². The predicted octanol–water partition coefficient (Wildman–Crippen LogP) is 4.87. The number of methoxy groups -OCH3 is 1. The van der Waals surface area contributed by atoms with Crippen LogP contribution in [0.1, 0.15) is 36.3 Å². The molecule has 3 N–H and O–H groups in total. The first-order chi connectivity index (χ1) is 19.2. The monoisotopic (exact) mass is 570 g/mol. The Balaban J connectivity index is 1.31. The Bertz CT molecular complexity index is 1520. The molecule has 0 amide bonds. The smallest absolute Gasteiger partial charge is 0.406 e. The van der Waals surface area contributed by atoms with Gasteiger partial charge in [-0.15, -0.1) is 0 Å². The van der Waals surface area contributed by atoms with Crippen LogP contribution >= 0.6 is 7.75 Å². The van der Waals surface area contributed by atoms with Crippen LogP contribution in [-0.4, -0.2) is 45.0 Å². The van der Waals surface area contributed by atoms with E-state index >= 15 is 4.39 Å². The third kappa shape index (κ3) is 6.16. The molecule has 0 radical (unpaired) electrons. The SMILES string of the molecule is COc1nc(N)nc2c1ncn2C1OC(COP(=O)(NCc2ccccc2)OCc2ccccc2C)C[C@@]1(C)F. The zero-order chi connectivity index (χ0) is 28.3. The van der Waals surface area contributed by atoms with Gasteiger partial charge in [0.2, 0.25) is 11.8 Å². The van der Waals surface area contributed by atoms with Crippen molar-refractivity contribution in [3.05, 3.63) is 77.6 Å². The van der Waals surface area contributed by atoms with Crippen molar-refractivity contribution in [2.24, 2.45) is 0 Å². The Hall–Kier alpha value is -3.41. The number of halogens is 1. The van der Waals surface area contributed by atoms with Crippen LogP contribution in [0.2, 0.25) is 0 Å². The zero-order valence-electron chi connectivity index (χ0n) is 22.5. The van der Waals surface area contributed by atoms with Gasteiger partial charge in [0.25, 0.3) is 0 Å². The van der Waals surface area contributed by atoms with Crippen molar-refractivity contribution in [3.63, 3.8) is 0 Å². The quantitative estimate of drug-likeness (QED) is 0.240. The van der Waals surface area contributed by atoms with Gasteiger partial charge in [-0.3, -0.25) is 13.6 Å². The Morgan fingerprint density at radius 2 is 1.93 bits per heavy atom. The number of imidazole rings is 1. The maximum absolute atomic E-state index is 15.9. The van der Waals surface area contributed by atoms with E-state index in [1.165, 1.54) is 24.9 Å². The number of alkyl halides is 1. The largest absolute Gasteiger partial charge is 0.479 e. The number of nitrogens with two attached hydrogens (primary N) is 1. The highest BCUT2D eigenvalue weighted by Crippen LogP contribution is 2.48. The van der Waals surface area contributed by atoms with Crippen molar-refractivity contribution >= 4 is 24.9 Å². The minimum absolute atomic E-state index is 0.0223. The number of aromatic nitrogens is 4. The molecule has 0 bridgehead atoms. The van der Waals surface area contributed by atoms with Crippen molar-refractivity contribution in [3.8, 4) is 5.88 Å². The molecule has 1 fully saturated rings. The normalized spacial score (nSPS) is 22.4. The topological polar surface area (TPSA) is 136 Å². The van der Waals surface area contributed by atoms with E-state index in [1.807, 2.05) is 61.5 Å². The van der Waals surface area contributed by atoms with Gasteiger partial charge in [0.05, 0.1) is 32.8 Å². The van der Waals surface area contributed by atoms with E-state index in [4.69, 9.17) is 24.3 Å². The number of fused-ring (bicyclic) bond motifs is 1. The summed E-state index contributed by atoms with van der Waals surface area (Å²) in [6.07, 6.45) is -0.432. The van der Waals surface area contributed by atoms with E-state index in [-0.39, 0.29) is 43.7 Å². The Morgan fingerprint density at radius 3 is 2.67 bits per heavy atom. The van der Waals surface area contributed by atoms with Crippen molar-refractivity contribution in [1.82, 2.24) is 24.6 Å². The van der Waals surface area contributed by atoms with Crippen molar-refractivity contribution in [1.29, 1.82) is 0 Å². The molecule has 1 aliphatic rings. The lowest BCUT2D eigenvalue weighted by atomic mass is 10.0. The summed E-state index contributed by atoms with van der Waals surface area (Å²) in [5.74, 6) is 0.136. The lowest BCUT2D eigenvalue weighted by Gasteiger charge is -2.23. The Labute approximate surface area is 231 Å². The van der Waals surface area contributed by atoms with Gasteiger partial charge in [0.1, 0.15) is 0 Å². The average molecular weight is 571 g/mol. The molecular weight excluding hydrogens is 538 g/mol. The average Bonchev–Trinajstić information content (AvgIpc) is 3.49. The van der Waals surface area contributed by atoms with Crippen LogP contribution in [0, 0.1) is 6.92 Å². The van der Waals surface area contributed by atoms with Crippen LogP contribution in [0.25, 0.3) is 11.2 Å². The molecule has 0 saturated carbocycles. The van der Waals surface area contributed by atoms with Crippen molar-refractivity contribution in [2.75, 3.05) is 19.5 Å². The standard InChI is InChI=1S/C27H32FN6O5P/c1-18-9-7-8-12-20(18)15-37-40(35,31-14-19-10-5-4-6-11-19)38-16-21-13-27(2,28)25(39-21)34-17-30-22-23(34)32-26(29)33-24(22)36-3/h4-12,17,21,25H,13-16H2,1-3H3,(H,31,35)(H2,29,32,33)/t21?,25?,27-,40?/m1/s1. The molecule has 13 heteroatoms. The maximum atomic E-state index is 15.9. The van der Waals surface area contributed by atoms with Gasteiger partial charge in [-0.2, -0.15) is 9.97 Å². The fraction of sp³-hybridized carbons (Fsp3) is 0.370. The summed E-state index contributed by atoms with van der Waals surface area (Å²) >= 11 is 0. The molecule has 3 heterocycles. The molecule has 11 nitrogen and oxygen atoms in total. The van der Waals surface area contributed by atoms with Crippen LogP contribution in [0.5, 0.6) is 5.88 Å². The summed E-state index contributed by atoms with van der Waals surface area (Å²) < 4.78 is 54.1. The van der Waals surface area contributed by atoms with Crippen LogP contribution in [0.4, 0.5) is 10.3 Å². The molecule has 40 heavy (non-hydrogen) atoms. The summed E-state index contributed by atoms with van der Waals surface area (Å²) in [6, 6.07) is 17.1. The molecule has 1 aliphatic heterocycles. The van der Waals surface area contributed by atoms with E-state index in [2.05, 4.69) is 20.0 Å². The fourth-order valence-corrected chi connectivity index (χ4v) is 5.92. The second kappa shape index (κ2) is 11.6. The lowest BCUT2D eigenvalue weighted by Crippen LogP contribution is -2.27. The second-order valence-corrected chi connectivity index (χ2v) is 11.6. The molecule has 4 atom stereocenters. The number of anilines is 1. The number of hydrogen-bond donors (Lipinski definition) is 2. The van der Waals surface area contributed by atoms with Crippen LogP contribution < -0.4 is 15.6 Å². The summed E-state index contributed by atoms with van der Waals surface area (Å²) in [5, 5.41) is 2.93. The van der Waals surface area contributed by atoms with Crippen molar-refractivity contribution in [2.45, 2.75) is 51.4 Å². The lowest BCUT2D eigenvalue weighted by molar-refractivity contribution is -0.0553. The molecule has 1 saturated heterocycles. The third-order valence-corrected chi connectivity index (χ3v) is 8.22. The molecule has 212 valence electrons. The molecule has 5 rings (SSSR count). The van der Waals surface area contributed by atoms with Gasteiger partial charge in [-0.1, -0.05) is 54.6 Å². The van der Waals surface area contributed by atoms with Crippen molar-refractivity contribution < 1.29 is 27.5 Å². The van der Waals surface area contributed by atoms with E-state index in [1.54, 1.807) is 0 Å². The first-order valence-electron chi connectivity index (χ1n) is 12.8. The highest BCUT2D eigenvalue weighted by atomic mass is 31.2. The fourth-order valence-electron chi connectivity index (χ4n) is 4.61. The van der Waals surface area contributed by atoms with E-state index < -0.39 is 25.7 Å². The summed E-state index contributed by atoms with van der Waals surface area (Å²) in [7, 11) is -2.39. The van der Waals surface area contributed by atoms with Crippen LogP contribution in [0.15, 0.2) is 60.9 Å². The predicted molar refractivity (Wildman–Crippen MR) is 147 cm³/mol. The Morgan fingerprint density at radius 1 is 1.18 bits per heavy atom. The number of nitrogens with one attached hydrogen (secondary N) is 1. The summed E-state index contributed by atoms with van der Waals surface area (Å²) in [6.45, 7) is 3.53. The van der Waals surface area contributed by atoms with E-state index in [0.29, 0.717) is 5.52 Å². The number of hydrogen-bond acceptors (Lipinski definition) is 9. The van der Waals surface area contributed by atoms with Gasteiger partial charge in [-0.25, -0.2) is 19.0 Å². The molecule has 3 unspecified atom stereocenters. The second-order valence-electron chi connectivity index (χ2n) is 9.82. The third-order valence-electron chi connectivity index (χ3n) is 6.72. The maximum Gasteiger partial charge on any atom is 0.406 e. The van der Waals surface area contributed by atoms with Gasteiger partial charge < -0.3 is 15.2 Å². The first kappa shape index (κ1) is 28.1. The van der Waals surface area contributed by atoms with E-state index in [0.717, 1.165) is 16.7 Å². The molecule has 0 spiro atoms. The zero-order valence-corrected chi connectivity index (χ0v) is 23.4. The van der Waals surface area contributed by atoms with Gasteiger partial charge in [0, 0.05) is 13.0 Å². The number of nitrogens with zero attached hydrogens (tertiary/aromatic N) is 4. The molecule has 2 aromatic heterocycles. The summed E-state index contributed by atoms with van der Waals surface area (Å²) in [5.41, 5.74) is 7.39. The molecule has 2 aromatic carbocycles. The summed E-state index contributed by atoms with van der Waals surface area (Å²) in [4.78, 5) is 12.5. The minimum Gasteiger partial charge on any atom is -0.479 e. The number of ether oxygens (including phenoxy) is 2. The molecule has 4 aromatic rings. The number of rotatable bonds is 11.